The van der Waals surface area contributed by atoms with E-state index in [1.54, 1.807) is 0 Å². The minimum absolute atomic E-state index is 0.216. The lowest BCUT2D eigenvalue weighted by molar-refractivity contribution is -0.233. The highest BCUT2D eigenvalue weighted by molar-refractivity contribution is 7.62. The fourth-order valence-electron chi connectivity index (χ4n) is 4.32. The molecule has 0 aliphatic carbocycles. The fraction of sp³-hybridized carbons (Fsp3) is 1.00. The minimum atomic E-state index is -3.72. The van der Waals surface area contributed by atoms with Crippen molar-refractivity contribution in [1.82, 2.24) is 0 Å². The Hall–Kier alpha value is 1.24. The Morgan fingerprint density at radius 2 is 0.576 bits per heavy atom. The molecule has 4 aliphatic rings. The standard InChI is InChI=1S/C17H32O12P4/c18-30(22-5-1-6-23-30)13-17(14-31(19)24-7-2-8-25-31,15-32(20)26-9-3-10-27-32)16-33(21)28-11-4-12-29-33/h1-16H2. The maximum Gasteiger partial charge on any atom is 0.238 e. The van der Waals surface area contributed by atoms with E-state index in [4.69, 9.17) is 36.2 Å². The summed E-state index contributed by atoms with van der Waals surface area (Å²) in [6.07, 6.45) is 0.949. The van der Waals surface area contributed by atoms with Crippen molar-refractivity contribution in [3.63, 3.8) is 0 Å². The van der Waals surface area contributed by atoms with E-state index in [1.165, 1.54) is 0 Å². The van der Waals surface area contributed by atoms with Gasteiger partial charge in [0.15, 0.2) is 0 Å². The van der Waals surface area contributed by atoms with Gasteiger partial charge < -0.3 is 19.6 Å². The molecule has 0 aromatic carbocycles. The third-order valence-electron chi connectivity index (χ3n) is 5.57. The van der Waals surface area contributed by atoms with Crippen LogP contribution in [0.4, 0.5) is 0 Å². The first-order valence-corrected chi connectivity index (χ1v) is 18.1. The third kappa shape index (κ3) is 7.62. The van der Waals surface area contributed by atoms with Gasteiger partial charge >= 0.3 is 0 Å². The molecule has 4 rings (SSSR count). The van der Waals surface area contributed by atoms with Crippen LogP contribution in [0.5, 0.6) is 0 Å². The number of hydrogen-bond donors (Lipinski definition) is 0. The lowest BCUT2D eigenvalue weighted by Gasteiger charge is -2.46. The average molecular weight is 552 g/mol. The van der Waals surface area contributed by atoms with Crippen molar-refractivity contribution in [2.45, 2.75) is 25.7 Å². The number of rotatable bonds is 8. The second-order valence-corrected chi connectivity index (χ2v) is 16.9. The summed E-state index contributed by atoms with van der Waals surface area (Å²) < 4.78 is 44.1. The summed E-state index contributed by atoms with van der Waals surface area (Å²) in [6, 6.07) is 0. The van der Waals surface area contributed by atoms with Gasteiger partial charge in [-0.05, 0) is 0 Å². The van der Waals surface area contributed by atoms with Crippen LogP contribution in [0.1, 0.15) is 25.7 Å². The van der Waals surface area contributed by atoms with Crippen molar-refractivity contribution in [2.24, 2.45) is 5.41 Å². The summed E-state index contributed by atoms with van der Waals surface area (Å²) >= 11 is 0. The fourth-order valence-corrected chi connectivity index (χ4v) is 14.3. The molecule has 0 atom stereocenters. The van der Waals surface area contributed by atoms with E-state index in [-0.39, 0.29) is 77.5 Å². The van der Waals surface area contributed by atoms with Crippen molar-refractivity contribution in [1.29, 1.82) is 0 Å². The van der Waals surface area contributed by atoms with Gasteiger partial charge in [0.05, 0.1) is 52.9 Å². The summed E-state index contributed by atoms with van der Waals surface area (Å²) in [5, 5.41) is 0. The highest BCUT2D eigenvalue weighted by atomic mass is 31.2. The molecule has 0 spiro atoms. The first kappa shape index (κ1) is 27.3. The van der Waals surface area contributed by atoms with E-state index in [1.807, 2.05) is 0 Å². The molecule has 0 unspecified atom stereocenters. The van der Waals surface area contributed by atoms with E-state index in [2.05, 4.69) is 0 Å². The van der Waals surface area contributed by atoms with Gasteiger partial charge in [-0.3, -0.25) is 0 Å². The maximum atomic E-state index is 13.5. The third-order valence-corrected chi connectivity index (χ3v) is 14.4. The zero-order valence-corrected chi connectivity index (χ0v) is 22.1. The Morgan fingerprint density at radius 1 is 0.394 bits per heavy atom. The lowest BCUT2D eigenvalue weighted by atomic mass is 9.99. The van der Waals surface area contributed by atoms with Crippen molar-refractivity contribution in [3.8, 4) is 0 Å². The molecule has 4 heterocycles. The van der Waals surface area contributed by atoms with Crippen LogP contribution in [0.25, 0.3) is 0 Å². The Labute approximate surface area is 196 Å². The lowest BCUT2D eigenvalue weighted by Crippen LogP contribution is -2.49. The smallest absolute Gasteiger partial charge is 0.238 e. The van der Waals surface area contributed by atoms with Crippen molar-refractivity contribution >= 4 is 31.8 Å². The van der Waals surface area contributed by atoms with Crippen LogP contribution in [-0.2, 0) is 36.2 Å². The van der Waals surface area contributed by atoms with Crippen LogP contribution >= 0.6 is 31.8 Å². The second-order valence-electron chi connectivity index (χ2n) is 8.66. The summed E-state index contributed by atoms with van der Waals surface area (Å²) in [5.74, 6) is 0. The summed E-state index contributed by atoms with van der Waals surface area (Å²) in [7, 11) is -14.9. The Balaban J connectivity index is 1.68. The molecule has 16 heteroatoms. The molecule has 0 aromatic heterocycles. The average Bonchev–Trinajstić information content (AvgIpc) is 2.74. The monoisotopic (exact) mass is 552 g/mol. The summed E-state index contributed by atoms with van der Waals surface area (Å²) in [4.78, 5) is 54.1. The second kappa shape index (κ2) is 11.3. The molecule has 0 amide bonds. The first-order chi connectivity index (χ1) is 15.7. The van der Waals surface area contributed by atoms with Gasteiger partial charge in [-0.1, -0.05) is 0 Å². The van der Waals surface area contributed by atoms with Crippen LogP contribution in [0.15, 0.2) is 0 Å². The Kier molecular flexibility index (Phi) is 9.36. The maximum absolute atomic E-state index is 13.5. The highest BCUT2D eigenvalue weighted by Gasteiger charge is 2.62. The van der Waals surface area contributed by atoms with Crippen molar-refractivity contribution in [3.05, 3.63) is 0 Å². The molecule has 0 radical (unpaired) electrons. The molecular formula is C17H32O12P4. The van der Waals surface area contributed by atoms with E-state index < -0.39 is 37.2 Å². The molecule has 0 bridgehead atoms. The van der Waals surface area contributed by atoms with Gasteiger partial charge in [-0.2, -0.15) is 0 Å². The first-order valence-electron chi connectivity index (χ1n) is 11.2. The van der Waals surface area contributed by atoms with E-state index in [9.17, 15) is 19.6 Å². The largest absolute Gasteiger partial charge is 0.631 e. The van der Waals surface area contributed by atoms with E-state index in [0.717, 1.165) is 0 Å². The highest BCUT2D eigenvalue weighted by Crippen LogP contribution is 2.72. The van der Waals surface area contributed by atoms with E-state index >= 15 is 0 Å². The molecule has 33 heavy (non-hydrogen) atoms. The number of hydrogen-bond acceptors (Lipinski definition) is 12. The SMILES string of the molecule is [O-][P+]1(CC(C[P+]2([O-])OCCCO2)(C[P+]2([O-])OCCCO2)C[P+]2([O-])OCCCO2)OCCCO1. The minimum Gasteiger partial charge on any atom is -0.631 e. The van der Waals surface area contributed by atoms with Crippen LogP contribution < -0.4 is 19.6 Å². The molecular weight excluding hydrogens is 520 g/mol. The predicted molar refractivity (Wildman–Crippen MR) is 116 cm³/mol. The molecule has 0 N–H and O–H groups in total. The quantitative estimate of drug-likeness (QED) is 0.377. The Morgan fingerprint density at radius 3 is 0.758 bits per heavy atom. The van der Waals surface area contributed by atoms with E-state index in [0.29, 0.717) is 25.7 Å². The van der Waals surface area contributed by atoms with Gasteiger partial charge in [-0.25, -0.2) is 36.2 Å². The van der Waals surface area contributed by atoms with Crippen LogP contribution in [0.3, 0.4) is 0 Å². The molecule has 12 nitrogen and oxygen atoms in total. The Bertz CT molecular complexity index is 524. The molecule has 192 valence electrons. The van der Waals surface area contributed by atoms with Crippen molar-refractivity contribution < 1.29 is 55.8 Å². The van der Waals surface area contributed by atoms with Crippen LogP contribution in [0.2, 0.25) is 0 Å². The van der Waals surface area contributed by atoms with Gasteiger partial charge in [0.2, 0.25) is 31.8 Å². The molecule has 0 saturated carbocycles. The molecule has 4 fully saturated rings. The van der Waals surface area contributed by atoms with Crippen LogP contribution in [0, 0.1) is 5.41 Å². The van der Waals surface area contributed by atoms with Crippen molar-refractivity contribution in [2.75, 3.05) is 77.5 Å². The summed E-state index contributed by atoms with van der Waals surface area (Å²) in [6.45, 7) is 1.72. The topological polar surface area (TPSA) is 166 Å². The zero-order valence-electron chi connectivity index (χ0n) is 18.5. The van der Waals surface area contributed by atoms with Gasteiger partial charge in [0.1, 0.15) is 30.1 Å². The van der Waals surface area contributed by atoms with Gasteiger partial charge in [-0.15, -0.1) is 0 Å². The normalized spacial score (nSPS) is 29.5. The molecule has 4 aliphatic heterocycles. The summed E-state index contributed by atoms with van der Waals surface area (Å²) in [5.41, 5.74) is -1.47. The van der Waals surface area contributed by atoms with Gasteiger partial charge in [0.25, 0.3) is 0 Å². The zero-order chi connectivity index (χ0) is 23.5. The molecule has 4 saturated heterocycles. The van der Waals surface area contributed by atoms with Crippen LogP contribution in [-0.4, -0.2) is 77.5 Å². The predicted octanol–water partition coefficient (Wildman–Crippen LogP) is 0.212. The molecule has 0 aromatic rings. The van der Waals surface area contributed by atoms with Gasteiger partial charge in [0, 0.05) is 25.7 Å².